The number of hydrogen-bond acceptors (Lipinski definition) is 5. The van der Waals surface area contributed by atoms with E-state index in [9.17, 15) is 28.0 Å². The zero-order valence-electron chi connectivity index (χ0n) is 48.1. The van der Waals surface area contributed by atoms with E-state index in [1.54, 1.807) is 11.8 Å². The van der Waals surface area contributed by atoms with E-state index in [4.69, 9.17) is 4.74 Å². The Morgan fingerprint density at radius 3 is 1.06 bits per heavy atom. The normalized spacial score (nSPS) is 31.1. The summed E-state index contributed by atoms with van der Waals surface area (Å²) in [4.78, 5) is 56.7. The third-order valence-corrected chi connectivity index (χ3v) is 17.6. The monoisotopic (exact) mass is 975 g/mol. The molecule has 8 unspecified atom stereocenters. The third-order valence-electron chi connectivity index (χ3n) is 17.6. The van der Waals surface area contributed by atoms with Gasteiger partial charge in [0.2, 0.25) is 17.7 Å². The molecule has 0 spiro atoms. The van der Waals surface area contributed by atoms with E-state index in [1.165, 1.54) is 6.42 Å². The van der Waals surface area contributed by atoms with Crippen molar-refractivity contribution in [3.05, 3.63) is 0 Å². The van der Waals surface area contributed by atoms with Gasteiger partial charge in [0.15, 0.2) is 0 Å². The molecule has 4 amide bonds. The molecule has 0 N–H and O–H groups in total. The Bertz CT molecular complexity index is 1720. The van der Waals surface area contributed by atoms with Crippen molar-refractivity contribution in [3.8, 4) is 0 Å². The fourth-order valence-corrected chi connectivity index (χ4v) is 12.0. The van der Waals surface area contributed by atoms with E-state index in [0.29, 0.717) is 54.0 Å². The largest absolute Gasteiger partial charge is 0.444 e. The Morgan fingerprint density at radius 2 is 0.797 bits per heavy atom. The third kappa shape index (κ3) is 15.1. The first kappa shape index (κ1) is 59.1. The van der Waals surface area contributed by atoms with Crippen LogP contribution in [0.5, 0.6) is 0 Å². The van der Waals surface area contributed by atoms with E-state index in [-0.39, 0.29) is 75.5 Å². The van der Waals surface area contributed by atoms with Crippen molar-refractivity contribution in [2.75, 3.05) is 59.0 Å². The van der Waals surface area contributed by atoms with Crippen LogP contribution in [0.3, 0.4) is 0 Å². The molecule has 7 aliphatic rings. The molecule has 4 heterocycles. The van der Waals surface area contributed by atoms with Crippen LogP contribution in [0.15, 0.2) is 0 Å². The molecule has 8 atom stereocenters. The maximum atomic E-state index is 14.6. The summed E-state index contributed by atoms with van der Waals surface area (Å²) >= 11 is 0. The number of amides is 4. The van der Waals surface area contributed by atoms with Crippen LogP contribution in [0.2, 0.25) is 0 Å². The molecular weight excluding hydrogens is 871 g/mol. The van der Waals surface area contributed by atoms with Crippen LogP contribution in [-0.4, -0.2) is 114 Å². The van der Waals surface area contributed by atoms with Crippen molar-refractivity contribution >= 4 is 23.8 Å². The van der Waals surface area contributed by atoms with Gasteiger partial charge < -0.3 is 24.3 Å². The topological polar surface area (TPSA) is 90.5 Å². The number of ether oxygens (including phenoxy) is 1. The van der Waals surface area contributed by atoms with Gasteiger partial charge in [-0.2, -0.15) is 0 Å². The smallest absolute Gasteiger partial charge is 0.410 e. The average molecular weight is 975 g/mol. The second-order valence-electron chi connectivity index (χ2n) is 29.5. The Labute approximate surface area is 421 Å². The molecule has 3 aliphatic carbocycles. The predicted octanol–water partition coefficient (Wildman–Crippen LogP) is 13.1. The molecule has 69 heavy (non-hydrogen) atoms. The number of hydrogen-bond donors (Lipinski definition) is 0. The summed E-state index contributed by atoms with van der Waals surface area (Å²) in [5.41, 5.74) is -1.39. The summed E-state index contributed by atoms with van der Waals surface area (Å²) in [5, 5.41) is 0. The highest BCUT2D eigenvalue weighted by atomic mass is 19.1. The molecule has 9 nitrogen and oxygen atoms in total. The van der Waals surface area contributed by atoms with E-state index in [1.807, 2.05) is 44.4 Å². The highest BCUT2D eigenvalue weighted by molar-refractivity contribution is 5.86. The number of likely N-dealkylation sites (tertiary alicyclic amines) is 4. The summed E-state index contributed by atoms with van der Waals surface area (Å²) in [6.07, 6.45) is 8.29. The number of alkyl halides is 2. The number of rotatable bonds is 6. The summed E-state index contributed by atoms with van der Waals surface area (Å²) in [5.74, 6) is 3.60. The Kier molecular flexibility index (Phi) is 17.8. The number of carbonyl (C=O) groups excluding carboxylic acids is 4. The minimum absolute atomic E-state index is 0.00503. The first-order valence-electron chi connectivity index (χ1n) is 27.3. The lowest BCUT2D eigenvalue weighted by atomic mass is 9.74. The first-order valence-corrected chi connectivity index (χ1v) is 27.3. The molecule has 3 saturated carbocycles. The van der Waals surface area contributed by atoms with Crippen LogP contribution >= 0.6 is 0 Å². The van der Waals surface area contributed by atoms with Crippen molar-refractivity contribution in [2.24, 2.45) is 79.3 Å². The highest BCUT2D eigenvalue weighted by Gasteiger charge is 2.56. The van der Waals surface area contributed by atoms with Gasteiger partial charge in [-0.05, 0) is 117 Å². The van der Waals surface area contributed by atoms with Crippen molar-refractivity contribution in [3.63, 3.8) is 0 Å². The molecule has 0 aromatic rings. The molecule has 0 radical (unpaired) electrons. The molecule has 4 saturated heterocycles. The molecule has 7 fully saturated rings. The fraction of sp³-hybridized carbons (Fsp3) is 0.931. The van der Waals surface area contributed by atoms with Crippen LogP contribution in [0, 0.1) is 79.3 Å². The van der Waals surface area contributed by atoms with Crippen LogP contribution in [0.4, 0.5) is 13.6 Å². The van der Waals surface area contributed by atoms with Crippen molar-refractivity contribution in [2.45, 2.75) is 208 Å². The molecule has 0 bridgehead atoms. The predicted molar refractivity (Wildman–Crippen MR) is 278 cm³/mol. The Balaban J connectivity index is 0.000000200. The lowest BCUT2D eigenvalue weighted by molar-refractivity contribution is -0.136. The zero-order valence-corrected chi connectivity index (χ0v) is 48.1. The number of nitrogens with zero attached hydrogens (tertiary/aromatic N) is 4. The Hall–Kier alpha value is -2.46. The lowest BCUT2D eigenvalue weighted by Gasteiger charge is -2.33. The molecule has 400 valence electrons. The molecular formula is C58H104F2N4O5. The first-order chi connectivity index (χ1) is 31.2. The standard InChI is InChI=1S/C15H29NO2.C15H27NO.2C14H24FNO/c1-8-11-9-16(10-12(11)14(2,3)4)13(17)18-15(5,6)7;1-6-11-9-16(10-12(11)14(2,3)4)13(17)15(5)7-8-15;1-12(2,3)10-8-16(9-14(10,5)15)11(17)13(4)6-7-13;1-13(2,3)11-9-16(8-10(11)7-15)12(17)14(4)5-6-14/h11-12H,8-10H2,1-7H3;11-12H,6-10H2,1-5H3;10H,6-9H2,1-5H3;10-11H,5-9H2,1-4H3. The highest BCUT2D eigenvalue weighted by Crippen LogP contribution is 2.52. The molecule has 11 heteroatoms. The summed E-state index contributed by atoms with van der Waals surface area (Å²) in [6, 6.07) is 0. The van der Waals surface area contributed by atoms with Gasteiger partial charge in [-0.15, -0.1) is 0 Å². The van der Waals surface area contributed by atoms with Crippen molar-refractivity contribution in [1.29, 1.82) is 0 Å². The van der Waals surface area contributed by atoms with E-state index >= 15 is 0 Å². The number of carbonyl (C=O) groups is 4. The number of halogens is 2. The van der Waals surface area contributed by atoms with Crippen LogP contribution < -0.4 is 0 Å². The summed E-state index contributed by atoms with van der Waals surface area (Å²) in [6.45, 7) is 49.9. The zero-order chi connectivity index (χ0) is 52.9. The molecule has 4 aliphatic heterocycles. The molecule has 7 rings (SSSR count). The molecule has 0 aromatic carbocycles. The van der Waals surface area contributed by atoms with Crippen LogP contribution in [0.1, 0.15) is 197 Å². The van der Waals surface area contributed by atoms with Gasteiger partial charge >= 0.3 is 6.09 Å². The fourth-order valence-electron chi connectivity index (χ4n) is 12.0. The summed E-state index contributed by atoms with van der Waals surface area (Å²) in [7, 11) is 0. The van der Waals surface area contributed by atoms with Gasteiger partial charge in [-0.25, -0.2) is 9.18 Å². The SMILES string of the molecule is CC1(C(=O)N2CC(C(C)(C)C)C(C)(F)C2)CC1.CC1(C(=O)N2CC(CF)C(C(C)(C)C)C2)CC1.CCC1CN(C(=O)C2(C)CC2)CC1C(C)(C)C.CCC1CN(C(=O)OC(C)(C)C)CC1C(C)(C)C. The quantitative estimate of drug-likeness (QED) is 0.264. The maximum absolute atomic E-state index is 14.6. The van der Waals surface area contributed by atoms with Gasteiger partial charge in [0.05, 0.1) is 13.2 Å². The van der Waals surface area contributed by atoms with Gasteiger partial charge in [0, 0.05) is 73.9 Å². The maximum Gasteiger partial charge on any atom is 0.410 e. The van der Waals surface area contributed by atoms with Gasteiger partial charge in [-0.3, -0.25) is 18.8 Å². The lowest BCUT2D eigenvalue weighted by Crippen LogP contribution is -2.37. The van der Waals surface area contributed by atoms with Crippen molar-refractivity contribution in [1.82, 2.24) is 19.6 Å². The molecule has 0 aromatic heterocycles. The minimum Gasteiger partial charge on any atom is -0.444 e. The minimum atomic E-state index is -1.25. The second kappa shape index (κ2) is 20.8. The van der Waals surface area contributed by atoms with E-state index in [0.717, 1.165) is 77.7 Å². The van der Waals surface area contributed by atoms with Crippen LogP contribution in [0.25, 0.3) is 0 Å². The second-order valence-corrected chi connectivity index (χ2v) is 29.5. The Morgan fingerprint density at radius 1 is 0.478 bits per heavy atom. The summed E-state index contributed by atoms with van der Waals surface area (Å²) < 4.78 is 33.1. The van der Waals surface area contributed by atoms with E-state index < -0.39 is 11.3 Å². The van der Waals surface area contributed by atoms with E-state index in [2.05, 4.69) is 109 Å². The van der Waals surface area contributed by atoms with Crippen LogP contribution in [-0.2, 0) is 19.1 Å². The van der Waals surface area contributed by atoms with Crippen molar-refractivity contribution < 1.29 is 32.7 Å². The van der Waals surface area contributed by atoms with Gasteiger partial charge in [0.1, 0.15) is 11.3 Å². The van der Waals surface area contributed by atoms with Gasteiger partial charge in [-0.1, -0.05) is 131 Å². The average Bonchev–Trinajstić information content (AvgIpc) is 4.09. The van der Waals surface area contributed by atoms with Gasteiger partial charge in [0.25, 0.3) is 0 Å².